The van der Waals surface area contributed by atoms with Crippen molar-refractivity contribution >= 4 is 33.2 Å². The molecule has 0 spiro atoms. The van der Waals surface area contributed by atoms with Crippen molar-refractivity contribution in [2.24, 2.45) is 0 Å². The van der Waals surface area contributed by atoms with Gasteiger partial charge in [-0.3, -0.25) is 24.0 Å². The molecule has 0 saturated heterocycles. The average molecular weight is 641 g/mol. The molecule has 3 aromatic rings. The van der Waals surface area contributed by atoms with Crippen LogP contribution in [0.3, 0.4) is 0 Å². The lowest BCUT2D eigenvalue weighted by Gasteiger charge is -2.33. The number of unbranched alkanes of at least 4 members (excludes halogenated alkanes) is 1. The summed E-state index contributed by atoms with van der Waals surface area (Å²) in [5.41, 5.74) is 0.763. The van der Waals surface area contributed by atoms with Gasteiger partial charge in [0, 0.05) is 24.7 Å². The molecule has 2 amide bonds. The van der Waals surface area contributed by atoms with Gasteiger partial charge in [0.25, 0.3) is 15.7 Å². The fraction of sp³-hybridized carbons (Fsp3) is 0.375. The van der Waals surface area contributed by atoms with Crippen molar-refractivity contribution in [3.63, 3.8) is 0 Å². The van der Waals surface area contributed by atoms with Crippen molar-refractivity contribution in [2.45, 2.75) is 57.5 Å². The summed E-state index contributed by atoms with van der Waals surface area (Å²) in [6.45, 7) is 5.07. The number of nitrogens with zero attached hydrogens (tertiary/aromatic N) is 3. The molecule has 1 unspecified atom stereocenters. The molecular weight excluding hydrogens is 600 g/mol. The summed E-state index contributed by atoms with van der Waals surface area (Å²) in [4.78, 5) is 39.5. The Labute approximate surface area is 264 Å². The number of carbonyl (C=O) groups is 2. The van der Waals surface area contributed by atoms with Gasteiger partial charge in [0.15, 0.2) is 0 Å². The van der Waals surface area contributed by atoms with Gasteiger partial charge in [0.1, 0.15) is 24.1 Å². The van der Waals surface area contributed by atoms with Crippen molar-refractivity contribution in [1.82, 2.24) is 10.2 Å². The Morgan fingerprint density at radius 3 is 2.09 bits per heavy atom. The first-order valence-corrected chi connectivity index (χ1v) is 16.0. The highest BCUT2D eigenvalue weighted by atomic mass is 32.2. The van der Waals surface area contributed by atoms with E-state index in [-0.39, 0.29) is 40.7 Å². The number of sulfonamides is 1. The number of carbonyl (C=O) groups excluding carboxylic acids is 2. The number of amides is 2. The molecule has 0 fully saturated rings. The number of rotatable bonds is 16. The van der Waals surface area contributed by atoms with Gasteiger partial charge in [0.2, 0.25) is 11.8 Å². The maximum Gasteiger partial charge on any atom is 0.273 e. The lowest BCUT2D eigenvalue weighted by molar-refractivity contribution is -0.385. The van der Waals surface area contributed by atoms with Crippen molar-refractivity contribution < 1.29 is 32.4 Å². The SMILES string of the molecule is CCCCNC(=O)C(CC)N(Cc1ccc(OC)cc1)C(=O)CN(c1ccc(OC)cc1)S(=O)(=O)c1ccc(C)c([N+](=O)[O-])c1. The zero-order valence-electron chi connectivity index (χ0n) is 26.2. The summed E-state index contributed by atoms with van der Waals surface area (Å²) in [5, 5.41) is 14.5. The van der Waals surface area contributed by atoms with Crippen LogP contribution in [0.25, 0.3) is 0 Å². The van der Waals surface area contributed by atoms with Crippen LogP contribution >= 0.6 is 0 Å². The molecule has 3 rings (SSSR count). The number of hydrogen-bond donors (Lipinski definition) is 1. The second kappa shape index (κ2) is 15.9. The van der Waals surface area contributed by atoms with Gasteiger partial charge in [-0.05, 0) is 67.8 Å². The molecule has 3 aromatic carbocycles. The molecule has 0 saturated carbocycles. The van der Waals surface area contributed by atoms with Crippen molar-refractivity contribution in [2.75, 3.05) is 31.6 Å². The normalized spacial score (nSPS) is 11.8. The lowest BCUT2D eigenvalue weighted by atomic mass is 10.1. The molecule has 13 heteroatoms. The second-order valence-corrected chi connectivity index (χ2v) is 12.2. The first-order chi connectivity index (χ1) is 21.5. The van der Waals surface area contributed by atoms with E-state index in [2.05, 4.69) is 5.32 Å². The Bertz CT molecular complexity index is 1580. The minimum absolute atomic E-state index is 0.0229. The van der Waals surface area contributed by atoms with Crippen LogP contribution in [0.4, 0.5) is 11.4 Å². The smallest absolute Gasteiger partial charge is 0.273 e. The Kier molecular flexibility index (Phi) is 12.3. The van der Waals surface area contributed by atoms with Gasteiger partial charge in [-0.15, -0.1) is 0 Å². The number of benzene rings is 3. The molecule has 0 radical (unpaired) electrons. The highest BCUT2D eigenvalue weighted by Crippen LogP contribution is 2.29. The zero-order chi connectivity index (χ0) is 33.1. The summed E-state index contributed by atoms with van der Waals surface area (Å²) >= 11 is 0. The number of ether oxygens (including phenoxy) is 2. The first kappa shape index (κ1) is 34.8. The van der Waals surface area contributed by atoms with Crippen LogP contribution in [-0.2, 0) is 26.2 Å². The van der Waals surface area contributed by atoms with E-state index in [4.69, 9.17) is 9.47 Å². The van der Waals surface area contributed by atoms with Crippen LogP contribution in [0, 0.1) is 17.0 Å². The van der Waals surface area contributed by atoms with Gasteiger partial charge < -0.3 is 19.7 Å². The van der Waals surface area contributed by atoms with Gasteiger partial charge in [-0.25, -0.2) is 8.42 Å². The van der Waals surface area contributed by atoms with E-state index < -0.39 is 33.4 Å². The quantitative estimate of drug-likeness (QED) is 0.133. The molecule has 1 N–H and O–H groups in total. The fourth-order valence-corrected chi connectivity index (χ4v) is 6.14. The molecule has 242 valence electrons. The van der Waals surface area contributed by atoms with Crippen molar-refractivity contribution in [3.8, 4) is 11.5 Å². The van der Waals surface area contributed by atoms with Crippen LogP contribution in [0.1, 0.15) is 44.2 Å². The number of methoxy groups -OCH3 is 2. The Morgan fingerprint density at radius 2 is 1.56 bits per heavy atom. The van der Waals surface area contributed by atoms with Crippen LogP contribution in [0.15, 0.2) is 71.6 Å². The highest BCUT2D eigenvalue weighted by Gasteiger charge is 2.34. The largest absolute Gasteiger partial charge is 0.497 e. The third-order valence-electron chi connectivity index (χ3n) is 7.33. The van der Waals surface area contributed by atoms with Crippen molar-refractivity contribution in [3.05, 3.63) is 88.0 Å². The third kappa shape index (κ3) is 8.72. The highest BCUT2D eigenvalue weighted by molar-refractivity contribution is 7.92. The topological polar surface area (TPSA) is 148 Å². The van der Waals surface area contributed by atoms with Crippen molar-refractivity contribution in [1.29, 1.82) is 0 Å². The zero-order valence-corrected chi connectivity index (χ0v) is 27.0. The molecule has 0 aromatic heterocycles. The van der Waals surface area contributed by atoms with E-state index in [0.717, 1.165) is 23.2 Å². The van der Waals surface area contributed by atoms with Gasteiger partial charge in [-0.2, -0.15) is 0 Å². The Hall–Kier alpha value is -4.65. The van der Waals surface area contributed by atoms with E-state index in [1.54, 1.807) is 43.3 Å². The predicted molar refractivity (Wildman–Crippen MR) is 171 cm³/mol. The number of nitro groups is 1. The van der Waals surface area contributed by atoms with E-state index in [0.29, 0.717) is 23.6 Å². The minimum atomic E-state index is -4.50. The summed E-state index contributed by atoms with van der Waals surface area (Å²) in [6.07, 6.45) is 1.91. The van der Waals surface area contributed by atoms with Crippen LogP contribution < -0.4 is 19.1 Å². The number of nitrogens with one attached hydrogen (secondary N) is 1. The lowest BCUT2D eigenvalue weighted by Crippen LogP contribution is -2.52. The number of anilines is 1. The standard InChI is InChI=1S/C32H40N4O8S/c1-6-8-19-33-32(38)29(7-2)34(21-24-10-14-26(43-4)15-11-24)31(37)22-35(25-12-16-27(44-5)17-13-25)45(41,42)28-18-9-23(3)30(20-28)36(39)40/h9-18,20,29H,6-8,19,21-22H2,1-5H3,(H,33,38). The number of hydrogen-bond acceptors (Lipinski definition) is 8. The monoisotopic (exact) mass is 640 g/mol. The summed E-state index contributed by atoms with van der Waals surface area (Å²) in [5.74, 6) is 0.0967. The van der Waals surface area contributed by atoms with E-state index in [1.807, 2.05) is 6.92 Å². The Balaban J connectivity index is 2.09. The summed E-state index contributed by atoms with van der Waals surface area (Å²) in [7, 11) is -1.50. The Morgan fingerprint density at radius 1 is 0.956 bits per heavy atom. The van der Waals surface area contributed by atoms with E-state index in [9.17, 15) is 28.1 Å². The predicted octanol–water partition coefficient (Wildman–Crippen LogP) is 4.84. The molecule has 12 nitrogen and oxygen atoms in total. The third-order valence-corrected chi connectivity index (χ3v) is 9.10. The fourth-order valence-electron chi connectivity index (χ4n) is 4.70. The maximum atomic E-state index is 14.2. The average Bonchev–Trinajstić information content (AvgIpc) is 3.03. The number of aryl methyl sites for hydroxylation is 1. The van der Waals surface area contributed by atoms with Crippen LogP contribution in [0.2, 0.25) is 0 Å². The minimum Gasteiger partial charge on any atom is -0.497 e. The van der Waals surface area contributed by atoms with Crippen LogP contribution in [-0.4, -0.2) is 63.4 Å². The van der Waals surface area contributed by atoms with E-state index in [1.165, 1.54) is 50.3 Å². The van der Waals surface area contributed by atoms with Gasteiger partial charge >= 0.3 is 0 Å². The molecule has 1 atom stereocenters. The summed E-state index contributed by atoms with van der Waals surface area (Å²) in [6, 6.07) is 15.8. The summed E-state index contributed by atoms with van der Waals surface area (Å²) < 4.78 is 39.6. The van der Waals surface area contributed by atoms with Crippen LogP contribution in [0.5, 0.6) is 11.5 Å². The molecule has 0 heterocycles. The first-order valence-electron chi connectivity index (χ1n) is 14.6. The second-order valence-electron chi connectivity index (χ2n) is 10.4. The van der Waals surface area contributed by atoms with Gasteiger partial charge in [0.05, 0.1) is 29.7 Å². The molecule has 0 aliphatic rings. The molecule has 45 heavy (non-hydrogen) atoms. The molecule has 0 bridgehead atoms. The number of nitro benzene ring substituents is 1. The maximum absolute atomic E-state index is 14.2. The van der Waals surface area contributed by atoms with E-state index >= 15 is 0 Å². The molecule has 0 aliphatic heterocycles. The van der Waals surface area contributed by atoms with Gasteiger partial charge in [-0.1, -0.05) is 38.5 Å². The molecule has 0 aliphatic carbocycles. The molecular formula is C32H40N4O8S.